The summed E-state index contributed by atoms with van der Waals surface area (Å²) in [5, 5.41) is 0. The average Bonchev–Trinajstić information content (AvgIpc) is 3.36. The first-order valence-electron chi connectivity index (χ1n) is 13.8. The molecule has 0 radical (unpaired) electrons. The third-order valence-corrected chi connectivity index (χ3v) is 13.1. The van der Waals surface area contributed by atoms with Crippen LogP contribution in [0, 0.1) is 50.7 Å². The highest BCUT2D eigenvalue weighted by Gasteiger charge is 2.83. The molecule has 1 heterocycles. The number of esters is 2. The zero-order chi connectivity index (χ0) is 23.6. The highest BCUT2D eigenvalue weighted by atomic mass is 16.5. The summed E-state index contributed by atoms with van der Waals surface area (Å²) in [5.41, 5.74) is 1.45. The van der Waals surface area contributed by atoms with E-state index < -0.39 is 0 Å². The molecule has 0 aromatic heterocycles. The van der Waals surface area contributed by atoms with Crippen molar-refractivity contribution in [2.75, 3.05) is 0 Å². The van der Waals surface area contributed by atoms with Crippen LogP contribution in [0.15, 0.2) is 0 Å². The van der Waals surface area contributed by atoms with E-state index in [4.69, 9.17) is 9.47 Å². The van der Waals surface area contributed by atoms with E-state index in [1.807, 2.05) is 0 Å². The second-order valence-corrected chi connectivity index (χ2v) is 14.2. The van der Waals surface area contributed by atoms with Crippen molar-refractivity contribution >= 4 is 11.9 Å². The van der Waals surface area contributed by atoms with Crippen LogP contribution in [0.25, 0.3) is 0 Å². The van der Waals surface area contributed by atoms with Gasteiger partial charge in [0.15, 0.2) is 0 Å². The summed E-state index contributed by atoms with van der Waals surface area (Å²) in [4.78, 5) is 24.3. The van der Waals surface area contributed by atoms with E-state index in [2.05, 4.69) is 34.6 Å². The van der Waals surface area contributed by atoms with Crippen LogP contribution in [0.4, 0.5) is 0 Å². The monoisotopic (exact) mass is 456 g/mol. The summed E-state index contributed by atoms with van der Waals surface area (Å²) in [5.74, 6) is 2.36. The van der Waals surface area contributed by atoms with E-state index in [1.54, 1.807) is 6.92 Å². The van der Waals surface area contributed by atoms with Crippen molar-refractivity contribution in [3.63, 3.8) is 0 Å². The molecule has 1 aliphatic heterocycles. The van der Waals surface area contributed by atoms with Gasteiger partial charge in [-0.1, -0.05) is 34.6 Å². The average molecular weight is 457 g/mol. The summed E-state index contributed by atoms with van der Waals surface area (Å²) >= 11 is 0. The number of fused-ring (bicyclic) bond motifs is 4. The van der Waals surface area contributed by atoms with Crippen molar-refractivity contribution in [1.29, 1.82) is 0 Å². The van der Waals surface area contributed by atoms with Crippen molar-refractivity contribution in [1.82, 2.24) is 0 Å². The molecular weight excluding hydrogens is 412 g/mol. The predicted molar refractivity (Wildman–Crippen MR) is 126 cm³/mol. The SMILES string of the molecule is CC(=O)OC1CCC23CC24CCC2(C)C5C(C)CCC(=O)OC5CC2(C)C4CCC3C1(C)C. The lowest BCUT2D eigenvalue weighted by atomic mass is 9.41. The lowest BCUT2D eigenvalue weighted by molar-refractivity contribution is -0.181. The third kappa shape index (κ3) is 2.54. The van der Waals surface area contributed by atoms with Crippen LogP contribution in [0.5, 0.6) is 0 Å². The summed E-state index contributed by atoms with van der Waals surface area (Å²) in [6, 6.07) is 0. The normalized spacial score (nSPS) is 56.1. The van der Waals surface area contributed by atoms with E-state index >= 15 is 0 Å². The lowest BCUT2D eigenvalue weighted by Crippen LogP contribution is -2.58. The van der Waals surface area contributed by atoms with Gasteiger partial charge < -0.3 is 9.47 Å². The molecule has 6 fully saturated rings. The van der Waals surface area contributed by atoms with E-state index in [-0.39, 0.29) is 40.4 Å². The molecule has 0 aromatic carbocycles. The van der Waals surface area contributed by atoms with Gasteiger partial charge in [-0.2, -0.15) is 0 Å². The van der Waals surface area contributed by atoms with Crippen molar-refractivity contribution in [2.45, 2.75) is 118 Å². The maximum atomic E-state index is 12.4. The van der Waals surface area contributed by atoms with Gasteiger partial charge in [-0.05, 0) is 97.2 Å². The minimum Gasteiger partial charge on any atom is -0.462 e. The van der Waals surface area contributed by atoms with Gasteiger partial charge >= 0.3 is 11.9 Å². The van der Waals surface area contributed by atoms with Crippen LogP contribution in [0.3, 0.4) is 0 Å². The molecule has 0 bridgehead atoms. The van der Waals surface area contributed by atoms with E-state index in [0.717, 1.165) is 25.2 Å². The molecule has 184 valence electrons. The van der Waals surface area contributed by atoms with Gasteiger partial charge in [0.1, 0.15) is 12.2 Å². The summed E-state index contributed by atoms with van der Waals surface area (Å²) < 4.78 is 12.0. The third-order valence-electron chi connectivity index (χ3n) is 13.1. The van der Waals surface area contributed by atoms with Crippen molar-refractivity contribution < 1.29 is 19.1 Å². The Morgan fingerprint density at radius 1 is 0.939 bits per heavy atom. The van der Waals surface area contributed by atoms with Gasteiger partial charge in [0.2, 0.25) is 0 Å². The first kappa shape index (κ1) is 22.4. The molecule has 4 heteroatoms. The fraction of sp³-hybridized carbons (Fsp3) is 0.931. The lowest BCUT2D eigenvalue weighted by Gasteiger charge is -2.63. The number of carbonyl (C=O) groups excluding carboxylic acids is 2. The van der Waals surface area contributed by atoms with Crippen LogP contribution in [0.1, 0.15) is 106 Å². The van der Waals surface area contributed by atoms with Crippen LogP contribution in [0.2, 0.25) is 0 Å². The second kappa shape index (κ2) is 6.58. The zero-order valence-electron chi connectivity index (χ0n) is 21.7. The van der Waals surface area contributed by atoms with E-state index in [9.17, 15) is 9.59 Å². The van der Waals surface area contributed by atoms with Crippen molar-refractivity contribution in [3.05, 3.63) is 0 Å². The summed E-state index contributed by atoms with van der Waals surface area (Å²) in [6.07, 6.45) is 11.6. The topological polar surface area (TPSA) is 52.6 Å². The Hall–Kier alpha value is -1.06. The van der Waals surface area contributed by atoms with Gasteiger partial charge in [0, 0.05) is 24.7 Å². The minimum absolute atomic E-state index is 0.0343. The molecule has 6 aliphatic rings. The fourth-order valence-corrected chi connectivity index (χ4v) is 11.7. The van der Waals surface area contributed by atoms with Gasteiger partial charge in [-0.15, -0.1) is 0 Å². The smallest absolute Gasteiger partial charge is 0.306 e. The number of ether oxygens (including phenoxy) is 2. The highest BCUT2D eigenvalue weighted by molar-refractivity contribution is 5.70. The predicted octanol–water partition coefficient (Wildman–Crippen LogP) is 6.31. The Balaban J connectivity index is 1.35. The van der Waals surface area contributed by atoms with Gasteiger partial charge in [0.05, 0.1) is 0 Å². The highest BCUT2D eigenvalue weighted by Crippen LogP contribution is 2.89. The van der Waals surface area contributed by atoms with Gasteiger partial charge in [-0.25, -0.2) is 0 Å². The maximum absolute atomic E-state index is 12.4. The Bertz CT molecular complexity index is 894. The molecule has 10 atom stereocenters. The molecule has 0 aromatic rings. The van der Waals surface area contributed by atoms with Crippen molar-refractivity contribution in [3.8, 4) is 0 Å². The molecule has 10 unspecified atom stereocenters. The second-order valence-electron chi connectivity index (χ2n) is 14.2. The number of rotatable bonds is 1. The molecule has 5 saturated carbocycles. The molecule has 4 nitrogen and oxygen atoms in total. The van der Waals surface area contributed by atoms with Gasteiger partial charge in [0.25, 0.3) is 0 Å². The first-order chi connectivity index (χ1) is 15.4. The van der Waals surface area contributed by atoms with E-state index in [1.165, 1.54) is 38.5 Å². The molecule has 2 spiro atoms. The summed E-state index contributed by atoms with van der Waals surface area (Å²) in [7, 11) is 0. The quantitative estimate of drug-likeness (QED) is 0.434. The largest absolute Gasteiger partial charge is 0.462 e. The number of carbonyl (C=O) groups is 2. The Morgan fingerprint density at radius 3 is 2.36 bits per heavy atom. The summed E-state index contributed by atoms with van der Waals surface area (Å²) in [6.45, 7) is 13.9. The number of hydrogen-bond donors (Lipinski definition) is 0. The van der Waals surface area contributed by atoms with Crippen LogP contribution in [-0.2, 0) is 19.1 Å². The maximum Gasteiger partial charge on any atom is 0.306 e. The molecule has 0 N–H and O–H groups in total. The van der Waals surface area contributed by atoms with Crippen LogP contribution < -0.4 is 0 Å². The molecule has 0 amide bonds. The van der Waals surface area contributed by atoms with Crippen LogP contribution >= 0.6 is 0 Å². The molecular formula is C29H44O4. The Labute approximate surface area is 199 Å². The van der Waals surface area contributed by atoms with Crippen LogP contribution in [-0.4, -0.2) is 24.1 Å². The first-order valence-corrected chi connectivity index (χ1v) is 13.8. The Kier molecular flexibility index (Phi) is 4.47. The molecule has 33 heavy (non-hydrogen) atoms. The van der Waals surface area contributed by atoms with E-state index in [0.29, 0.717) is 35.0 Å². The molecule has 1 saturated heterocycles. The van der Waals surface area contributed by atoms with Gasteiger partial charge in [-0.3, -0.25) is 9.59 Å². The molecule has 5 aliphatic carbocycles. The minimum atomic E-state index is -0.127. The Morgan fingerprint density at radius 2 is 1.64 bits per heavy atom. The number of hydrogen-bond acceptors (Lipinski definition) is 4. The fourth-order valence-electron chi connectivity index (χ4n) is 11.7. The van der Waals surface area contributed by atoms with Crippen molar-refractivity contribution in [2.24, 2.45) is 50.7 Å². The molecule has 6 rings (SSSR count). The zero-order valence-corrected chi connectivity index (χ0v) is 21.7. The standard InChI is InChI=1S/C29H44O4/c1-17-7-10-23(31)33-19-15-27(6)21-9-8-20-25(3,4)22(32-18(2)30)11-12-28(20)16-29(21,28)14-13-26(27,5)24(17)19/h17,19-22,24H,7-16H2,1-6H3.